The summed E-state index contributed by atoms with van der Waals surface area (Å²) in [5, 5.41) is 19.1. The number of aryl methyl sites for hydroxylation is 2. The molecule has 0 unspecified atom stereocenters. The van der Waals surface area contributed by atoms with Gasteiger partial charge in [-0.2, -0.15) is 0 Å². The number of phenols is 2. The number of aromatic hydroxyl groups is 2. The predicted molar refractivity (Wildman–Crippen MR) is 123 cm³/mol. The van der Waals surface area contributed by atoms with Crippen LogP contribution in [0.2, 0.25) is 0 Å². The highest BCUT2D eigenvalue weighted by molar-refractivity contribution is 6.35. The first-order valence-corrected chi connectivity index (χ1v) is 10.1. The van der Waals surface area contributed by atoms with Crippen LogP contribution in [0.25, 0.3) is 5.57 Å². The normalized spacial score (nSPS) is 14.0. The SMILES string of the molecule is Cc1cc(C)cc(N2C(=O)C(=CCNNC(=O)c3ccc(O)cc3O)c3ccccc32)c1. The molecule has 7 heteroatoms. The van der Waals surface area contributed by atoms with Gasteiger partial charge in [-0.15, -0.1) is 0 Å². The minimum absolute atomic E-state index is 0.0197. The molecule has 1 heterocycles. The second-order valence-corrected chi connectivity index (χ2v) is 7.66. The number of carbonyl (C=O) groups excluding carboxylic acids is 2. The van der Waals surface area contributed by atoms with E-state index in [0.717, 1.165) is 34.1 Å². The molecule has 0 radical (unpaired) electrons. The van der Waals surface area contributed by atoms with Gasteiger partial charge >= 0.3 is 0 Å². The minimum Gasteiger partial charge on any atom is -0.508 e. The Morgan fingerprint density at radius 1 is 1.00 bits per heavy atom. The van der Waals surface area contributed by atoms with Crippen molar-refractivity contribution in [2.45, 2.75) is 13.8 Å². The number of benzene rings is 3. The molecule has 0 aliphatic carbocycles. The molecule has 162 valence electrons. The number of para-hydroxylation sites is 1. The van der Waals surface area contributed by atoms with Crippen LogP contribution < -0.4 is 15.8 Å². The van der Waals surface area contributed by atoms with Crippen molar-refractivity contribution in [2.75, 3.05) is 11.4 Å². The van der Waals surface area contributed by atoms with Crippen molar-refractivity contribution < 1.29 is 19.8 Å². The zero-order chi connectivity index (χ0) is 22.8. The van der Waals surface area contributed by atoms with E-state index in [9.17, 15) is 19.8 Å². The van der Waals surface area contributed by atoms with Gasteiger partial charge in [0.25, 0.3) is 11.8 Å². The molecule has 0 fully saturated rings. The van der Waals surface area contributed by atoms with Crippen molar-refractivity contribution in [3.8, 4) is 11.5 Å². The summed E-state index contributed by atoms with van der Waals surface area (Å²) in [5.41, 5.74) is 10.4. The van der Waals surface area contributed by atoms with Gasteiger partial charge in [0.15, 0.2) is 0 Å². The van der Waals surface area contributed by atoms with E-state index in [0.29, 0.717) is 5.57 Å². The largest absolute Gasteiger partial charge is 0.508 e. The Balaban J connectivity index is 1.52. The van der Waals surface area contributed by atoms with Gasteiger partial charge in [0.1, 0.15) is 11.5 Å². The van der Waals surface area contributed by atoms with Gasteiger partial charge in [-0.05, 0) is 55.3 Å². The Morgan fingerprint density at radius 3 is 2.44 bits per heavy atom. The maximum absolute atomic E-state index is 13.3. The van der Waals surface area contributed by atoms with Crippen molar-refractivity contribution in [1.29, 1.82) is 0 Å². The fourth-order valence-corrected chi connectivity index (χ4v) is 3.84. The lowest BCUT2D eigenvalue weighted by Gasteiger charge is -2.18. The third-order valence-electron chi connectivity index (χ3n) is 5.17. The van der Waals surface area contributed by atoms with E-state index in [1.165, 1.54) is 12.1 Å². The Labute approximate surface area is 185 Å². The molecule has 4 rings (SSSR count). The molecule has 0 saturated carbocycles. The molecule has 2 amide bonds. The van der Waals surface area contributed by atoms with E-state index in [1.807, 2.05) is 50.2 Å². The molecule has 0 spiro atoms. The van der Waals surface area contributed by atoms with Crippen molar-refractivity contribution in [2.24, 2.45) is 0 Å². The van der Waals surface area contributed by atoms with Crippen LogP contribution in [0.15, 0.2) is 66.7 Å². The van der Waals surface area contributed by atoms with Crippen LogP contribution in [0, 0.1) is 13.8 Å². The zero-order valence-electron chi connectivity index (χ0n) is 17.7. The highest BCUT2D eigenvalue weighted by Crippen LogP contribution is 2.41. The minimum atomic E-state index is -0.559. The number of hydrogen-bond donors (Lipinski definition) is 4. The fraction of sp³-hybridized carbons (Fsp3) is 0.120. The number of phenolic OH excluding ortho intramolecular Hbond substituents is 2. The van der Waals surface area contributed by atoms with E-state index >= 15 is 0 Å². The van der Waals surface area contributed by atoms with E-state index in [2.05, 4.69) is 16.9 Å². The van der Waals surface area contributed by atoms with Gasteiger partial charge in [-0.1, -0.05) is 30.3 Å². The van der Waals surface area contributed by atoms with Crippen LogP contribution in [-0.2, 0) is 4.79 Å². The first-order valence-electron chi connectivity index (χ1n) is 10.1. The lowest BCUT2D eigenvalue weighted by Crippen LogP contribution is -2.37. The summed E-state index contributed by atoms with van der Waals surface area (Å²) in [6, 6.07) is 17.3. The number of amides is 2. The highest BCUT2D eigenvalue weighted by atomic mass is 16.3. The topological polar surface area (TPSA) is 102 Å². The quantitative estimate of drug-likeness (QED) is 0.281. The zero-order valence-corrected chi connectivity index (χ0v) is 17.7. The molecule has 4 N–H and O–H groups in total. The second-order valence-electron chi connectivity index (χ2n) is 7.66. The van der Waals surface area contributed by atoms with Crippen LogP contribution in [-0.4, -0.2) is 28.6 Å². The first kappa shape index (κ1) is 21.1. The molecule has 1 aliphatic rings. The molecule has 0 atom stereocenters. The van der Waals surface area contributed by atoms with E-state index in [-0.39, 0.29) is 29.5 Å². The van der Waals surface area contributed by atoms with E-state index in [1.54, 1.807) is 11.0 Å². The van der Waals surface area contributed by atoms with E-state index < -0.39 is 5.91 Å². The number of hydrogen-bond acceptors (Lipinski definition) is 5. The maximum Gasteiger partial charge on any atom is 0.269 e. The number of nitrogens with one attached hydrogen (secondary N) is 2. The molecule has 7 nitrogen and oxygen atoms in total. The van der Waals surface area contributed by atoms with E-state index in [4.69, 9.17) is 0 Å². The summed E-state index contributed by atoms with van der Waals surface area (Å²) in [7, 11) is 0. The number of hydrazine groups is 1. The number of nitrogens with zero attached hydrogens (tertiary/aromatic N) is 1. The number of rotatable bonds is 5. The van der Waals surface area contributed by atoms with Gasteiger partial charge in [-0.25, -0.2) is 5.43 Å². The van der Waals surface area contributed by atoms with Gasteiger partial charge in [-0.3, -0.25) is 19.9 Å². The van der Waals surface area contributed by atoms with Crippen LogP contribution in [0.4, 0.5) is 11.4 Å². The lowest BCUT2D eigenvalue weighted by atomic mass is 10.1. The van der Waals surface area contributed by atoms with Gasteiger partial charge in [0, 0.05) is 29.4 Å². The maximum atomic E-state index is 13.3. The van der Waals surface area contributed by atoms with Crippen LogP contribution in [0.1, 0.15) is 27.0 Å². The molecular formula is C25H23N3O4. The molecular weight excluding hydrogens is 406 g/mol. The molecule has 1 aliphatic heterocycles. The first-order chi connectivity index (χ1) is 15.3. The molecule has 3 aromatic rings. The Hall–Kier alpha value is -4.10. The van der Waals surface area contributed by atoms with Crippen molar-refractivity contribution in [3.63, 3.8) is 0 Å². The van der Waals surface area contributed by atoms with Crippen molar-refractivity contribution in [1.82, 2.24) is 10.9 Å². The van der Waals surface area contributed by atoms with Crippen molar-refractivity contribution in [3.05, 3.63) is 89.0 Å². The third kappa shape index (κ3) is 4.06. The average Bonchev–Trinajstić information content (AvgIpc) is 3.01. The van der Waals surface area contributed by atoms with Gasteiger partial charge in [0.05, 0.1) is 11.3 Å². The Kier molecular flexibility index (Phi) is 5.66. The summed E-state index contributed by atoms with van der Waals surface area (Å²) in [4.78, 5) is 27.2. The van der Waals surface area contributed by atoms with Crippen LogP contribution >= 0.6 is 0 Å². The summed E-state index contributed by atoms with van der Waals surface area (Å²) in [6.45, 7) is 4.19. The molecule has 0 saturated heterocycles. The number of carbonyl (C=O) groups is 2. The Bertz CT molecular complexity index is 1230. The summed E-state index contributed by atoms with van der Waals surface area (Å²) >= 11 is 0. The fourth-order valence-electron chi connectivity index (χ4n) is 3.84. The number of anilines is 2. The molecule has 0 bridgehead atoms. The Morgan fingerprint density at radius 2 is 1.72 bits per heavy atom. The third-order valence-corrected chi connectivity index (χ3v) is 5.17. The average molecular weight is 429 g/mol. The lowest BCUT2D eigenvalue weighted by molar-refractivity contribution is -0.112. The summed E-state index contributed by atoms with van der Waals surface area (Å²) < 4.78 is 0. The second kappa shape index (κ2) is 8.56. The summed E-state index contributed by atoms with van der Waals surface area (Å²) in [5.74, 6) is -1.16. The predicted octanol–water partition coefficient (Wildman–Crippen LogP) is 3.71. The van der Waals surface area contributed by atoms with Crippen molar-refractivity contribution >= 4 is 28.8 Å². The molecule has 3 aromatic carbocycles. The molecule has 0 aromatic heterocycles. The highest BCUT2D eigenvalue weighted by Gasteiger charge is 2.33. The number of fused-ring (bicyclic) bond motifs is 1. The van der Waals surface area contributed by atoms with Crippen LogP contribution in [0.3, 0.4) is 0 Å². The van der Waals surface area contributed by atoms with Gasteiger partial charge < -0.3 is 10.2 Å². The monoisotopic (exact) mass is 429 g/mol. The smallest absolute Gasteiger partial charge is 0.269 e. The standard InChI is InChI=1S/C25H23N3O4/c1-15-11-16(2)13-17(12-15)28-22-6-4-3-5-19(22)20(25(28)32)9-10-26-27-24(31)21-8-7-18(29)14-23(21)30/h3-9,11-14,26,29-30H,10H2,1-2H3,(H,27,31). The molecule has 32 heavy (non-hydrogen) atoms. The summed E-state index contributed by atoms with van der Waals surface area (Å²) in [6.07, 6.45) is 1.72. The van der Waals surface area contributed by atoms with Crippen LogP contribution in [0.5, 0.6) is 11.5 Å². The van der Waals surface area contributed by atoms with Gasteiger partial charge in [0.2, 0.25) is 0 Å².